The van der Waals surface area contributed by atoms with E-state index in [1.807, 2.05) is 25.1 Å². The summed E-state index contributed by atoms with van der Waals surface area (Å²) in [6.07, 6.45) is 0. The Balaban J connectivity index is 1.59. The van der Waals surface area contributed by atoms with Crippen LogP contribution in [0.4, 0.5) is 5.13 Å². The second-order valence-electron chi connectivity index (χ2n) is 5.46. The molecule has 0 atom stereocenters. The first-order valence-electron chi connectivity index (χ1n) is 7.54. The Labute approximate surface area is 153 Å². The number of hydrogen-bond donors (Lipinski definition) is 1. The van der Waals surface area contributed by atoms with Gasteiger partial charge in [-0.15, -0.1) is 11.3 Å². The number of carbonyl (C=O) groups excluding carboxylic acids is 1. The van der Waals surface area contributed by atoms with Gasteiger partial charge in [0.1, 0.15) is 0 Å². The molecule has 1 aliphatic heterocycles. The molecule has 1 N–H and O–H groups in total. The molecule has 2 heterocycles. The predicted octanol–water partition coefficient (Wildman–Crippen LogP) is 4.75. The largest absolute Gasteiger partial charge is 0.454 e. The van der Waals surface area contributed by atoms with Gasteiger partial charge in [0.15, 0.2) is 16.6 Å². The summed E-state index contributed by atoms with van der Waals surface area (Å²) in [6.45, 7) is 2.20. The molecule has 0 aliphatic carbocycles. The summed E-state index contributed by atoms with van der Waals surface area (Å²) in [4.78, 5) is 17.9. The number of fused-ring (bicyclic) bond motifs is 1. The third-order valence-electron chi connectivity index (χ3n) is 3.75. The van der Waals surface area contributed by atoms with Crippen molar-refractivity contribution in [1.29, 1.82) is 0 Å². The molecule has 0 radical (unpaired) electrons. The Kier molecular flexibility index (Phi) is 4.07. The molecule has 1 aromatic heterocycles. The Morgan fingerprint density at radius 2 is 2.04 bits per heavy atom. The molecule has 4 rings (SSSR count). The molecule has 1 aliphatic rings. The number of aromatic nitrogens is 1. The number of carbonyl (C=O) groups is 1. The zero-order chi connectivity index (χ0) is 17.4. The molecule has 0 spiro atoms. The Morgan fingerprint density at radius 3 is 2.88 bits per heavy atom. The molecular weight excluding hydrogens is 360 g/mol. The average Bonchev–Trinajstić information content (AvgIpc) is 3.20. The van der Waals surface area contributed by atoms with Crippen LogP contribution in [-0.2, 0) is 0 Å². The van der Waals surface area contributed by atoms with Gasteiger partial charge in [0.2, 0.25) is 6.79 Å². The zero-order valence-corrected chi connectivity index (χ0v) is 14.8. The highest BCUT2D eigenvalue weighted by molar-refractivity contribution is 7.16. The van der Waals surface area contributed by atoms with Gasteiger partial charge in [-0.05, 0) is 43.3 Å². The smallest absolute Gasteiger partial charge is 0.257 e. The van der Waals surface area contributed by atoms with Crippen LogP contribution in [0, 0.1) is 6.92 Å². The van der Waals surface area contributed by atoms with Crippen LogP contribution in [0.5, 0.6) is 11.5 Å². The first-order chi connectivity index (χ1) is 12.1. The van der Waals surface area contributed by atoms with Gasteiger partial charge in [0.25, 0.3) is 5.91 Å². The van der Waals surface area contributed by atoms with E-state index in [4.69, 9.17) is 21.1 Å². The standard InChI is InChI=1S/C18H13ClN2O3S/c1-10-16(11-5-6-14-15(8-11)24-9-23-14)20-18(25-10)21-17(22)12-3-2-4-13(19)7-12/h2-8H,9H2,1H3,(H,20,21,22). The van der Waals surface area contributed by atoms with Crippen molar-refractivity contribution in [3.63, 3.8) is 0 Å². The zero-order valence-electron chi connectivity index (χ0n) is 13.2. The van der Waals surface area contributed by atoms with Gasteiger partial charge in [0.05, 0.1) is 5.69 Å². The maximum absolute atomic E-state index is 12.3. The minimum absolute atomic E-state index is 0.232. The third kappa shape index (κ3) is 3.18. The molecule has 0 saturated heterocycles. The summed E-state index contributed by atoms with van der Waals surface area (Å²) in [6, 6.07) is 12.5. The lowest BCUT2D eigenvalue weighted by atomic mass is 10.1. The molecular formula is C18H13ClN2O3S. The fourth-order valence-electron chi connectivity index (χ4n) is 2.56. The molecule has 0 saturated carbocycles. The fourth-order valence-corrected chi connectivity index (χ4v) is 3.58. The summed E-state index contributed by atoms with van der Waals surface area (Å²) in [5.74, 6) is 1.19. The van der Waals surface area contributed by atoms with Crippen LogP contribution in [0.3, 0.4) is 0 Å². The molecule has 5 nitrogen and oxygen atoms in total. The highest BCUT2D eigenvalue weighted by Crippen LogP contribution is 2.38. The lowest BCUT2D eigenvalue weighted by Crippen LogP contribution is -2.11. The summed E-state index contributed by atoms with van der Waals surface area (Å²) in [7, 11) is 0. The first kappa shape index (κ1) is 15.9. The number of benzene rings is 2. The van der Waals surface area contributed by atoms with Crippen LogP contribution in [0.2, 0.25) is 5.02 Å². The highest BCUT2D eigenvalue weighted by Gasteiger charge is 2.18. The minimum atomic E-state index is -0.242. The topological polar surface area (TPSA) is 60.5 Å². The number of nitrogens with one attached hydrogen (secondary N) is 1. The van der Waals surface area contributed by atoms with Crippen LogP contribution in [0.1, 0.15) is 15.2 Å². The van der Waals surface area contributed by atoms with Gasteiger partial charge in [-0.1, -0.05) is 17.7 Å². The third-order valence-corrected chi connectivity index (χ3v) is 4.87. The Morgan fingerprint density at radius 1 is 1.20 bits per heavy atom. The van der Waals surface area contributed by atoms with Crippen molar-refractivity contribution in [2.75, 3.05) is 12.1 Å². The van der Waals surface area contributed by atoms with E-state index in [2.05, 4.69) is 10.3 Å². The molecule has 7 heteroatoms. The molecule has 25 heavy (non-hydrogen) atoms. The molecule has 0 fully saturated rings. The number of halogens is 1. The van der Waals surface area contributed by atoms with E-state index in [1.165, 1.54) is 11.3 Å². The van der Waals surface area contributed by atoms with Crippen LogP contribution >= 0.6 is 22.9 Å². The number of ether oxygens (including phenoxy) is 2. The van der Waals surface area contributed by atoms with E-state index in [1.54, 1.807) is 24.3 Å². The summed E-state index contributed by atoms with van der Waals surface area (Å²) < 4.78 is 10.7. The normalized spacial score (nSPS) is 12.2. The van der Waals surface area contributed by atoms with Crippen LogP contribution in [-0.4, -0.2) is 17.7 Å². The second kappa shape index (κ2) is 6.38. The summed E-state index contributed by atoms with van der Waals surface area (Å²) in [5, 5.41) is 3.88. The number of hydrogen-bond acceptors (Lipinski definition) is 5. The van der Waals surface area contributed by atoms with Crippen LogP contribution < -0.4 is 14.8 Å². The molecule has 126 valence electrons. The summed E-state index contributed by atoms with van der Waals surface area (Å²) in [5.41, 5.74) is 2.22. The maximum atomic E-state index is 12.3. The Hall–Kier alpha value is -2.57. The van der Waals surface area contributed by atoms with Crippen molar-refractivity contribution < 1.29 is 14.3 Å². The molecule has 3 aromatic rings. The van der Waals surface area contributed by atoms with E-state index < -0.39 is 0 Å². The van der Waals surface area contributed by atoms with E-state index in [0.29, 0.717) is 21.5 Å². The number of rotatable bonds is 3. The van der Waals surface area contributed by atoms with E-state index in [0.717, 1.165) is 21.9 Å². The monoisotopic (exact) mass is 372 g/mol. The van der Waals surface area contributed by atoms with E-state index >= 15 is 0 Å². The maximum Gasteiger partial charge on any atom is 0.257 e. The van der Waals surface area contributed by atoms with Crippen molar-refractivity contribution in [2.45, 2.75) is 6.92 Å². The van der Waals surface area contributed by atoms with E-state index in [-0.39, 0.29) is 12.7 Å². The predicted molar refractivity (Wildman–Crippen MR) is 97.8 cm³/mol. The van der Waals surface area contributed by atoms with Crippen LogP contribution in [0.25, 0.3) is 11.3 Å². The lowest BCUT2D eigenvalue weighted by Gasteiger charge is -2.02. The van der Waals surface area contributed by atoms with Crippen molar-refractivity contribution in [3.8, 4) is 22.8 Å². The quantitative estimate of drug-likeness (QED) is 0.720. The highest BCUT2D eigenvalue weighted by atomic mass is 35.5. The van der Waals surface area contributed by atoms with Crippen molar-refractivity contribution in [2.24, 2.45) is 0 Å². The van der Waals surface area contributed by atoms with Crippen molar-refractivity contribution in [1.82, 2.24) is 4.98 Å². The van der Waals surface area contributed by atoms with Gasteiger partial charge >= 0.3 is 0 Å². The number of nitrogens with zero attached hydrogens (tertiary/aromatic N) is 1. The Bertz CT molecular complexity index is 971. The number of thiazole rings is 1. The first-order valence-corrected chi connectivity index (χ1v) is 8.74. The van der Waals surface area contributed by atoms with Crippen molar-refractivity contribution >= 4 is 34.0 Å². The van der Waals surface area contributed by atoms with Crippen LogP contribution in [0.15, 0.2) is 42.5 Å². The fraction of sp³-hybridized carbons (Fsp3) is 0.111. The summed E-state index contributed by atoms with van der Waals surface area (Å²) >= 11 is 7.35. The van der Waals surface area contributed by atoms with Gasteiger partial charge < -0.3 is 9.47 Å². The van der Waals surface area contributed by atoms with Crippen molar-refractivity contribution in [3.05, 3.63) is 57.9 Å². The second-order valence-corrected chi connectivity index (χ2v) is 7.10. The van der Waals surface area contributed by atoms with Gasteiger partial charge in [-0.3, -0.25) is 10.1 Å². The SMILES string of the molecule is Cc1sc(NC(=O)c2cccc(Cl)c2)nc1-c1ccc2c(c1)OCO2. The van der Waals surface area contributed by atoms with Gasteiger partial charge in [0, 0.05) is 21.0 Å². The number of amides is 1. The molecule has 1 amide bonds. The minimum Gasteiger partial charge on any atom is -0.454 e. The molecule has 0 bridgehead atoms. The number of aryl methyl sites for hydroxylation is 1. The van der Waals surface area contributed by atoms with E-state index in [9.17, 15) is 4.79 Å². The number of anilines is 1. The van der Waals surface area contributed by atoms with Gasteiger partial charge in [-0.25, -0.2) is 4.98 Å². The average molecular weight is 373 g/mol. The molecule has 2 aromatic carbocycles. The van der Waals surface area contributed by atoms with Gasteiger partial charge in [-0.2, -0.15) is 0 Å². The molecule has 0 unspecified atom stereocenters. The lowest BCUT2D eigenvalue weighted by molar-refractivity contribution is 0.102.